The molecule has 176 valence electrons. The van der Waals surface area contributed by atoms with Gasteiger partial charge in [-0.15, -0.1) is 0 Å². The normalized spacial score (nSPS) is 12.3. The van der Waals surface area contributed by atoms with E-state index in [1.54, 1.807) is 0 Å². The van der Waals surface area contributed by atoms with Crippen molar-refractivity contribution in [1.82, 2.24) is 4.57 Å². The van der Waals surface area contributed by atoms with Crippen LogP contribution >= 0.6 is 0 Å². The molecule has 0 fully saturated rings. The first-order chi connectivity index (χ1) is 17.5. The van der Waals surface area contributed by atoms with Gasteiger partial charge in [0, 0.05) is 16.5 Å². The van der Waals surface area contributed by atoms with Crippen molar-refractivity contribution in [3.8, 4) is 5.69 Å². The summed E-state index contributed by atoms with van der Waals surface area (Å²) in [5.41, 5.74) is 3.72. The van der Waals surface area contributed by atoms with Crippen LogP contribution in [-0.4, -0.2) is 12.6 Å². The van der Waals surface area contributed by atoms with E-state index in [9.17, 15) is 0 Å². The van der Waals surface area contributed by atoms with Crippen LogP contribution in [0, 0.1) is 0 Å². The predicted molar refractivity (Wildman–Crippen MR) is 158 cm³/mol. The molecule has 0 N–H and O–H groups in total. The molecule has 0 unspecified atom stereocenters. The zero-order valence-corrected chi connectivity index (χ0v) is 22.1. The summed E-state index contributed by atoms with van der Waals surface area (Å²) in [6.07, 6.45) is 0. The van der Waals surface area contributed by atoms with Gasteiger partial charge in [-0.3, -0.25) is 0 Å². The fourth-order valence-electron chi connectivity index (χ4n) is 6.25. The number of rotatable bonds is 4. The average Bonchev–Trinajstić information content (AvgIpc) is 3.24. The van der Waals surface area contributed by atoms with E-state index in [-0.39, 0.29) is 5.04 Å². The Labute approximate surface area is 214 Å². The summed E-state index contributed by atoms with van der Waals surface area (Å²) in [4.78, 5) is 0. The van der Waals surface area contributed by atoms with E-state index in [1.165, 1.54) is 43.1 Å². The van der Waals surface area contributed by atoms with Crippen LogP contribution in [0.25, 0.3) is 27.5 Å². The smallest absolute Gasteiger partial charge is 0.153 e. The average molecular weight is 482 g/mol. The largest absolute Gasteiger partial charge is 0.309 e. The SMILES string of the molecule is CC(C)(C)[Si](c1ccccc1)(c1ccccc1)c1cccc(-n2c3ccccc3c3ccccc32)c1. The fraction of sp³-hybridized carbons (Fsp3) is 0.118. The van der Waals surface area contributed by atoms with Gasteiger partial charge in [-0.2, -0.15) is 0 Å². The van der Waals surface area contributed by atoms with Crippen molar-refractivity contribution in [1.29, 1.82) is 0 Å². The highest BCUT2D eigenvalue weighted by molar-refractivity contribution is 7.13. The van der Waals surface area contributed by atoms with Gasteiger partial charge in [0.1, 0.15) is 0 Å². The lowest BCUT2D eigenvalue weighted by atomic mass is 10.2. The van der Waals surface area contributed by atoms with E-state index in [1.807, 2.05) is 0 Å². The molecule has 6 rings (SSSR count). The zero-order chi connectivity index (χ0) is 24.8. The molecule has 1 aromatic heterocycles. The molecule has 0 spiro atoms. The first kappa shape index (κ1) is 22.6. The Hall–Kier alpha value is -3.88. The molecule has 0 radical (unpaired) electrons. The summed E-state index contributed by atoms with van der Waals surface area (Å²) in [5, 5.41) is 6.97. The number of fused-ring (bicyclic) bond motifs is 3. The van der Waals surface area contributed by atoms with Crippen LogP contribution in [0.4, 0.5) is 0 Å². The molecule has 6 aromatic rings. The van der Waals surface area contributed by atoms with Gasteiger partial charge in [-0.1, -0.05) is 130 Å². The van der Waals surface area contributed by atoms with Gasteiger partial charge >= 0.3 is 0 Å². The second kappa shape index (κ2) is 8.65. The van der Waals surface area contributed by atoms with Gasteiger partial charge in [-0.25, -0.2) is 0 Å². The first-order valence-electron chi connectivity index (χ1n) is 12.7. The van der Waals surface area contributed by atoms with Crippen molar-refractivity contribution < 1.29 is 0 Å². The molecule has 0 saturated carbocycles. The van der Waals surface area contributed by atoms with E-state index in [0.717, 1.165) is 0 Å². The number of aromatic nitrogens is 1. The van der Waals surface area contributed by atoms with Crippen molar-refractivity contribution in [2.75, 3.05) is 0 Å². The monoisotopic (exact) mass is 481 g/mol. The molecule has 0 saturated heterocycles. The highest BCUT2D eigenvalue weighted by Gasteiger charge is 2.49. The fourth-order valence-corrected chi connectivity index (χ4v) is 11.9. The third-order valence-electron chi connectivity index (χ3n) is 7.66. The van der Waals surface area contributed by atoms with Gasteiger partial charge in [0.2, 0.25) is 0 Å². The highest BCUT2D eigenvalue weighted by atomic mass is 28.3. The third-order valence-corrected chi connectivity index (χ3v) is 13.5. The molecule has 36 heavy (non-hydrogen) atoms. The van der Waals surface area contributed by atoms with Crippen LogP contribution in [0.3, 0.4) is 0 Å². The Bertz CT molecular complexity index is 1560. The topological polar surface area (TPSA) is 4.93 Å². The second-order valence-corrected chi connectivity index (χ2v) is 15.4. The van der Waals surface area contributed by atoms with Gasteiger partial charge < -0.3 is 4.57 Å². The van der Waals surface area contributed by atoms with Crippen LogP contribution in [0.2, 0.25) is 5.04 Å². The Kier molecular flexibility index (Phi) is 5.42. The van der Waals surface area contributed by atoms with Gasteiger partial charge in [-0.05, 0) is 44.9 Å². The molecule has 0 aliphatic rings. The minimum atomic E-state index is -2.42. The quantitative estimate of drug-likeness (QED) is 0.188. The molecule has 5 aromatic carbocycles. The van der Waals surface area contributed by atoms with E-state index < -0.39 is 8.07 Å². The Morgan fingerprint density at radius 1 is 0.472 bits per heavy atom. The standard InChI is InChI=1S/C34H31NSi/c1-34(2,3)36(27-16-6-4-7-17-27,28-18-8-5-9-19-28)29-20-14-15-26(25-29)35-32-23-12-10-21-30(32)31-22-11-13-24-33(31)35/h4-25H,1-3H3. The van der Waals surface area contributed by atoms with Crippen molar-refractivity contribution in [3.05, 3.63) is 133 Å². The second-order valence-electron chi connectivity index (χ2n) is 10.7. The number of hydrogen-bond acceptors (Lipinski definition) is 0. The van der Waals surface area contributed by atoms with Crippen molar-refractivity contribution in [3.63, 3.8) is 0 Å². The summed E-state index contributed by atoms with van der Waals surface area (Å²) in [5.74, 6) is 0. The van der Waals surface area contributed by atoms with Crippen molar-refractivity contribution in [2.45, 2.75) is 25.8 Å². The number of nitrogens with zero attached hydrogens (tertiary/aromatic N) is 1. The number of para-hydroxylation sites is 2. The summed E-state index contributed by atoms with van der Waals surface area (Å²) >= 11 is 0. The van der Waals surface area contributed by atoms with E-state index in [4.69, 9.17) is 0 Å². The van der Waals surface area contributed by atoms with E-state index >= 15 is 0 Å². The predicted octanol–water partition coefficient (Wildman–Crippen LogP) is 7.05. The molecule has 1 nitrogen and oxygen atoms in total. The molecule has 0 atom stereocenters. The van der Waals surface area contributed by atoms with Crippen LogP contribution in [0.5, 0.6) is 0 Å². The van der Waals surface area contributed by atoms with Gasteiger partial charge in [0.05, 0.1) is 11.0 Å². The number of hydrogen-bond donors (Lipinski definition) is 0. The van der Waals surface area contributed by atoms with Crippen molar-refractivity contribution >= 4 is 45.4 Å². The molecular weight excluding hydrogens is 450 g/mol. The maximum absolute atomic E-state index is 2.47. The lowest BCUT2D eigenvalue weighted by molar-refractivity contribution is 0.739. The van der Waals surface area contributed by atoms with E-state index in [0.29, 0.717) is 0 Å². The first-order valence-corrected chi connectivity index (χ1v) is 14.7. The Balaban J connectivity index is 1.69. The maximum atomic E-state index is 2.47. The molecule has 0 aliphatic heterocycles. The maximum Gasteiger partial charge on any atom is 0.153 e. The molecule has 0 bridgehead atoms. The highest BCUT2D eigenvalue weighted by Crippen LogP contribution is 2.37. The third kappa shape index (κ3) is 3.36. The minimum absolute atomic E-state index is 0.0507. The van der Waals surface area contributed by atoms with Gasteiger partial charge in [0.25, 0.3) is 0 Å². The minimum Gasteiger partial charge on any atom is -0.309 e. The van der Waals surface area contributed by atoms with Crippen LogP contribution < -0.4 is 15.6 Å². The van der Waals surface area contributed by atoms with Crippen LogP contribution in [0.15, 0.2) is 133 Å². The zero-order valence-electron chi connectivity index (χ0n) is 21.1. The van der Waals surface area contributed by atoms with E-state index in [2.05, 4.69) is 159 Å². The molecule has 1 heterocycles. The molecular formula is C34H31NSi. The molecule has 0 amide bonds. The number of benzene rings is 5. The Morgan fingerprint density at radius 2 is 0.917 bits per heavy atom. The van der Waals surface area contributed by atoms with Crippen LogP contribution in [0.1, 0.15) is 20.8 Å². The summed E-state index contributed by atoms with van der Waals surface area (Å²) in [7, 11) is -2.42. The lowest BCUT2D eigenvalue weighted by Gasteiger charge is -2.44. The Morgan fingerprint density at radius 3 is 1.42 bits per heavy atom. The van der Waals surface area contributed by atoms with Crippen molar-refractivity contribution in [2.24, 2.45) is 0 Å². The summed E-state index contributed by atoms with van der Waals surface area (Å²) < 4.78 is 2.44. The van der Waals surface area contributed by atoms with Crippen LogP contribution in [-0.2, 0) is 0 Å². The van der Waals surface area contributed by atoms with Gasteiger partial charge in [0.15, 0.2) is 8.07 Å². The lowest BCUT2D eigenvalue weighted by Crippen LogP contribution is -2.72. The molecule has 2 heteroatoms. The molecule has 0 aliphatic carbocycles. The summed E-state index contributed by atoms with van der Waals surface area (Å²) in [6.45, 7) is 7.27. The summed E-state index contributed by atoms with van der Waals surface area (Å²) in [6, 6.07) is 49.3.